The number of benzene rings is 1. The summed E-state index contributed by atoms with van der Waals surface area (Å²) in [5.74, 6) is -0.491. The van der Waals surface area contributed by atoms with E-state index < -0.39 is 15.8 Å². The van der Waals surface area contributed by atoms with Crippen LogP contribution in [0.4, 0.5) is 0 Å². The van der Waals surface area contributed by atoms with E-state index in [2.05, 4.69) is 10.0 Å². The Morgan fingerprint density at radius 2 is 2.24 bits per heavy atom. The zero-order valence-electron chi connectivity index (χ0n) is 14.4. The quantitative estimate of drug-likeness (QED) is 0.743. The van der Waals surface area contributed by atoms with Crippen LogP contribution in [0.5, 0.6) is 0 Å². The number of fused-ring (bicyclic) bond motifs is 1. The summed E-state index contributed by atoms with van der Waals surface area (Å²) in [6, 6.07) is 4.46. The normalized spacial score (nSPS) is 21.2. The first-order valence-corrected chi connectivity index (χ1v) is 9.76. The minimum absolute atomic E-state index is 0.0718. The van der Waals surface area contributed by atoms with Crippen LogP contribution in [-0.2, 0) is 21.3 Å². The lowest BCUT2D eigenvalue weighted by Gasteiger charge is -2.28. The number of aromatic nitrogens is 1. The van der Waals surface area contributed by atoms with Crippen LogP contribution in [0.15, 0.2) is 32.3 Å². The van der Waals surface area contributed by atoms with E-state index in [0.717, 1.165) is 19.4 Å². The van der Waals surface area contributed by atoms with Gasteiger partial charge in [-0.3, -0.25) is 4.57 Å². The molecule has 1 atom stereocenters. The molecular formula is C16H23N3O5S. The zero-order valence-corrected chi connectivity index (χ0v) is 15.2. The van der Waals surface area contributed by atoms with Gasteiger partial charge in [0.15, 0.2) is 5.58 Å². The number of oxazole rings is 1. The second-order valence-electron chi connectivity index (χ2n) is 6.31. The molecule has 0 aliphatic carbocycles. The van der Waals surface area contributed by atoms with Crippen LogP contribution in [0.3, 0.4) is 0 Å². The number of nitrogens with one attached hydrogen (secondary N) is 2. The summed E-state index contributed by atoms with van der Waals surface area (Å²) < 4.78 is 39.7. The van der Waals surface area contributed by atoms with Gasteiger partial charge in [0.2, 0.25) is 10.0 Å². The highest BCUT2D eigenvalue weighted by molar-refractivity contribution is 7.89. The van der Waals surface area contributed by atoms with Crippen molar-refractivity contribution in [1.29, 1.82) is 0 Å². The molecule has 0 bridgehead atoms. The van der Waals surface area contributed by atoms with Crippen LogP contribution in [0.1, 0.15) is 19.8 Å². The molecule has 1 saturated heterocycles. The number of hydrogen-bond donors (Lipinski definition) is 2. The summed E-state index contributed by atoms with van der Waals surface area (Å²) in [5.41, 5.74) is 0.462. The molecule has 8 nitrogen and oxygen atoms in total. The standard InChI is InChI=1S/C16H23N3O5S/c1-3-19-13-6-5-12(9-14(13)24-15(19)20)25(21,22)18-10-16(11-23-2)7-4-8-17-16/h5-6,9,17-18H,3-4,7-8,10-11H2,1-2H3. The van der Waals surface area contributed by atoms with E-state index in [4.69, 9.17) is 9.15 Å². The number of sulfonamides is 1. The van der Waals surface area contributed by atoms with Crippen molar-refractivity contribution in [1.82, 2.24) is 14.6 Å². The average Bonchev–Trinajstić information content (AvgIpc) is 3.16. The number of rotatable bonds is 7. The lowest BCUT2D eigenvalue weighted by Crippen LogP contribution is -2.52. The Hall–Kier alpha value is -1.68. The molecule has 2 heterocycles. The second kappa shape index (κ2) is 6.91. The Balaban J connectivity index is 1.84. The van der Waals surface area contributed by atoms with Gasteiger partial charge in [0.05, 0.1) is 22.6 Å². The van der Waals surface area contributed by atoms with E-state index in [9.17, 15) is 13.2 Å². The molecule has 0 spiro atoms. The van der Waals surface area contributed by atoms with Gasteiger partial charge in [-0.05, 0) is 38.4 Å². The molecule has 9 heteroatoms. The van der Waals surface area contributed by atoms with Gasteiger partial charge in [-0.2, -0.15) is 0 Å². The molecule has 1 aromatic carbocycles. The van der Waals surface area contributed by atoms with Gasteiger partial charge in [-0.25, -0.2) is 17.9 Å². The molecule has 1 aliphatic heterocycles. The Labute approximate surface area is 146 Å². The van der Waals surface area contributed by atoms with E-state index in [0.29, 0.717) is 18.7 Å². The van der Waals surface area contributed by atoms with Crippen molar-refractivity contribution < 1.29 is 17.6 Å². The number of nitrogens with zero attached hydrogens (tertiary/aromatic N) is 1. The highest BCUT2D eigenvalue weighted by Crippen LogP contribution is 2.21. The first kappa shape index (κ1) is 18.1. The Morgan fingerprint density at radius 3 is 2.88 bits per heavy atom. The van der Waals surface area contributed by atoms with Crippen molar-refractivity contribution in [2.75, 3.05) is 26.8 Å². The Morgan fingerprint density at radius 1 is 1.44 bits per heavy atom. The first-order valence-electron chi connectivity index (χ1n) is 8.28. The third-order valence-electron chi connectivity index (χ3n) is 4.62. The highest BCUT2D eigenvalue weighted by Gasteiger charge is 2.34. The predicted octanol–water partition coefficient (Wildman–Crippen LogP) is 0.661. The fourth-order valence-corrected chi connectivity index (χ4v) is 4.44. The van der Waals surface area contributed by atoms with Gasteiger partial charge >= 0.3 is 5.76 Å². The number of methoxy groups -OCH3 is 1. The molecule has 2 aromatic rings. The topological polar surface area (TPSA) is 103 Å². The Bertz CT molecular complexity index is 909. The summed E-state index contributed by atoms with van der Waals surface area (Å²) >= 11 is 0. The van der Waals surface area contributed by atoms with Crippen molar-refractivity contribution in [3.8, 4) is 0 Å². The van der Waals surface area contributed by atoms with E-state index >= 15 is 0 Å². The molecule has 0 amide bonds. The van der Waals surface area contributed by atoms with E-state index in [1.165, 1.54) is 16.7 Å². The largest absolute Gasteiger partial charge is 0.419 e. The summed E-state index contributed by atoms with van der Waals surface area (Å²) in [4.78, 5) is 11.8. The van der Waals surface area contributed by atoms with Crippen LogP contribution in [0, 0.1) is 0 Å². The Kier molecular flexibility index (Phi) is 5.01. The smallest absolute Gasteiger partial charge is 0.408 e. The molecule has 0 radical (unpaired) electrons. The maximum Gasteiger partial charge on any atom is 0.419 e. The predicted molar refractivity (Wildman–Crippen MR) is 93.2 cm³/mol. The van der Waals surface area contributed by atoms with Crippen LogP contribution >= 0.6 is 0 Å². The number of hydrogen-bond acceptors (Lipinski definition) is 6. The number of ether oxygens (including phenoxy) is 1. The minimum atomic E-state index is -3.72. The average molecular weight is 369 g/mol. The van der Waals surface area contributed by atoms with Gasteiger partial charge in [-0.1, -0.05) is 0 Å². The van der Waals surface area contributed by atoms with Gasteiger partial charge in [-0.15, -0.1) is 0 Å². The van der Waals surface area contributed by atoms with Crippen LogP contribution in [0.25, 0.3) is 11.1 Å². The molecule has 1 aromatic heterocycles. The van der Waals surface area contributed by atoms with Crippen molar-refractivity contribution in [2.24, 2.45) is 0 Å². The molecule has 0 saturated carbocycles. The maximum atomic E-state index is 12.6. The molecular weight excluding hydrogens is 346 g/mol. The third kappa shape index (κ3) is 3.50. The SMILES string of the molecule is CCn1c(=O)oc2cc(S(=O)(=O)NCC3(COC)CCCN3)ccc21. The molecule has 1 aliphatic rings. The van der Waals surface area contributed by atoms with Crippen molar-refractivity contribution in [3.05, 3.63) is 28.7 Å². The fourth-order valence-electron chi connectivity index (χ4n) is 3.30. The molecule has 1 fully saturated rings. The van der Waals surface area contributed by atoms with Crippen molar-refractivity contribution in [2.45, 2.75) is 36.7 Å². The van der Waals surface area contributed by atoms with Crippen LogP contribution in [-0.4, -0.2) is 45.3 Å². The molecule has 25 heavy (non-hydrogen) atoms. The molecule has 138 valence electrons. The first-order chi connectivity index (χ1) is 11.9. The van der Waals surface area contributed by atoms with Gasteiger partial charge in [0, 0.05) is 26.3 Å². The fraction of sp³-hybridized carbons (Fsp3) is 0.562. The number of aryl methyl sites for hydroxylation is 1. The van der Waals surface area contributed by atoms with Gasteiger partial charge in [0.1, 0.15) is 0 Å². The van der Waals surface area contributed by atoms with Gasteiger partial charge < -0.3 is 14.5 Å². The molecule has 1 unspecified atom stereocenters. The van der Waals surface area contributed by atoms with E-state index in [1.807, 2.05) is 6.92 Å². The molecule has 3 rings (SSSR count). The second-order valence-corrected chi connectivity index (χ2v) is 8.08. The monoisotopic (exact) mass is 369 g/mol. The summed E-state index contributed by atoms with van der Waals surface area (Å²) in [7, 11) is -2.12. The lowest BCUT2D eigenvalue weighted by molar-refractivity contribution is 0.122. The summed E-state index contributed by atoms with van der Waals surface area (Å²) in [6.07, 6.45) is 1.82. The van der Waals surface area contributed by atoms with Crippen molar-refractivity contribution >= 4 is 21.1 Å². The summed E-state index contributed by atoms with van der Waals surface area (Å²) in [5, 5.41) is 3.33. The van der Waals surface area contributed by atoms with E-state index in [1.54, 1.807) is 13.2 Å². The van der Waals surface area contributed by atoms with E-state index in [-0.39, 0.29) is 22.6 Å². The summed E-state index contributed by atoms with van der Waals surface area (Å²) in [6.45, 7) is 3.80. The van der Waals surface area contributed by atoms with Crippen molar-refractivity contribution in [3.63, 3.8) is 0 Å². The minimum Gasteiger partial charge on any atom is -0.408 e. The van der Waals surface area contributed by atoms with Crippen LogP contribution < -0.4 is 15.8 Å². The highest BCUT2D eigenvalue weighted by atomic mass is 32.2. The van der Waals surface area contributed by atoms with Gasteiger partial charge in [0.25, 0.3) is 0 Å². The lowest BCUT2D eigenvalue weighted by atomic mass is 9.99. The van der Waals surface area contributed by atoms with Crippen LogP contribution in [0.2, 0.25) is 0 Å². The zero-order chi connectivity index (χ0) is 18.1. The molecule has 2 N–H and O–H groups in total. The maximum absolute atomic E-state index is 12.6. The third-order valence-corrected chi connectivity index (χ3v) is 6.02.